The van der Waals surface area contributed by atoms with Crippen molar-refractivity contribution in [3.63, 3.8) is 0 Å². The fourth-order valence-electron chi connectivity index (χ4n) is 1.78. The summed E-state index contributed by atoms with van der Waals surface area (Å²) in [6, 6.07) is 11.0. The number of para-hydroxylation sites is 2. The monoisotopic (exact) mass is 268 g/mol. The zero-order valence-corrected chi connectivity index (χ0v) is 11.5. The SMILES string of the molecule is COc1ccccc1N/C(C)=C/C(=O)c1cccnc1. The number of carbonyl (C=O) groups excluding carboxylic acids is 1. The number of methoxy groups -OCH3 is 1. The smallest absolute Gasteiger partial charge is 0.189 e. The van der Waals surface area contributed by atoms with Crippen molar-refractivity contribution in [1.82, 2.24) is 4.98 Å². The van der Waals surface area contributed by atoms with Crippen LogP contribution in [-0.2, 0) is 0 Å². The number of carbonyl (C=O) groups is 1. The molecule has 20 heavy (non-hydrogen) atoms. The fraction of sp³-hybridized carbons (Fsp3) is 0.125. The van der Waals surface area contributed by atoms with Crippen LogP contribution in [0.4, 0.5) is 5.69 Å². The normalized spacial score (nSPS) is 11.0. The molecule has 0 aliphatic heterocycles. The Morgan fingerprint density at radius 3 is 2.75 bits per heavy atom. The Kier molecular flexibility index (Phi) is 4.50. The average Bonchev–Trinajstić information content (AvgIpc) is 2.48. The van der Waals surface area contributed by atoms with Gasteiger partial charge in [-0.1, -0.05) is 12.1 Å². The van der Waals surface area contributed by atoms with Gasteiger partial charge in [0.2, 0.25) is 0 Å². The molecule has 1 heterocycles. The summed E-state index contributed by atoms with van der Waals surface area (Å²) >= 11 is 0. The molecule has 0 aliphatic carbocycles. The highest BCUT2D eigenvalue weighted by Crippen LogP contribution is 2.24. The maximum atomic E-state index is 12.0. The van der Waals surface area contributed by atoms with Gasteiger partial charge in [-0.2, -0.15) is 0 Å². The number of ether oxygens (including phenoxy) is 1. The van der Waals surface area contributed by atoms with Crippen molar-refractivity contribution in [3.05, 3.63) is 66.1 Å². The summed E-state index contributed by atoms with van der Waals surface area (Å²) < 4.78 is 5.25. The molecule has 0 amide bonds. The maximum absolute atomic E-state index is 12.0. The van der Waals surface area contributed by atoms with E-state index in [4.69, 9.17) is 4.74 Å². The minimum absolute atomic E-state index is 0.0852. The lowest BCUT2D eigenvalue weighted by Crippen LogP contribution is -2.02. The highest BCUT2D eigenvalue weighted by molar-refractivity contribution is 6.04. The van der Waals surface area contributed by atoms with E-state index in [-0.39, 0.29) is 5.78 Å². The molecule has 0 bridgehead atoms. The van der Waals surface area contributed by atoms with Gasteiger partial charge in [0, 0.05) is 29.7 Å². The molecule has 2 aromatic rings. The van der Waals surface area contributed by atoms with Crippen molar-refractivity contribution in [1.29, 1.82) is 0 Å². The number of hydrogen-bond acceptors (Lipinski definition) is 4. The van der Waals surface area contributed by atoms with E-state index in [0.29, 0.717) is 5.56 Å². The summed E-state index contributed by atoms with van der Waals surface area (Å²) in [6.07, 6.45) is 4.74. The lowest BCUT2D eigenvalue weighted by atomic mass is 10.1. The van der Waals surface area contributed by atoms with Crippen LogP contribution in [-0.4, -0.2) is 17.9 Å². The molecule has 0 saturated heterocycles. The van der Waals surface area contributed by atoms with E-state index in [1.54, 1.807) is 37.7 Å². The highest BCUT2D eigenvalue weighted by atomic mass is 16.5. The number of pyridine rings is 1. The standard InChI is InChI=1S/C16H16N2O2/c1-12(10-15(19)13-6-5-9-17-11-13)18-14-7-3-4-8-16(14)20-2/h3-11,18H,1-2H3/b12-10+. The van der Waals surface area contributed by atoms with Gasteiger partial charge in [-0.15, -0.1) is 0 Å². The lowest BCUT2D eigenvalue weighted by Gasteiger charge is -2.10. The Balaban J connectivity index is 2.13. The van der Waals surface area contributed by atoms with Gasteiger partial charge in [-0.3, -0.25) is 9.78 Å². The number of rotatable bonds is 5. The van der Waals surface area contributed by atoms with Gasteiger partial charge >= 0.3 is 0 Å². The summed E-state index contributed by atoms with van der Waals surface area (Å²) in [5.41, 5.74) is 2.12. The molecule has 0 saturated carbocycles. The van der Waals surface area contributed by atoms with Crippen molar-refractivity contribution < 1.29 is 9.53 Å². The average molecular weight is 268 g/mol. The van der Waals surface area contributed by atoms with Crippen LogP contribution in [0.1, 0.15) is 17.3 Å². The van der Waals surface area contributed by atoms with Crippen LogP contribution in [0.15, 0.2) is 60.6 Å². The van der Waals surface area contributed by atoms with Crippen LogP contribution in [0.5, 0.6) is 5.75 Å². The van der Waals surface area contributed by atoms with Gasteiger partial charge in [0.15, 0.2) is 5.78 Å². The first-order chi connectivity index (χ1) is 9.70. The Hall–Kier alpha value is -2.62. The molecule has 0 radical (unpaired) electrons. The molecule has 0 aliphatic rings. The summed E-state index contributed by atoms with van der Waals surface area (Å²) in [5, 5.41) is 3.16. The van der Waals surface area contributed by atoms with E-state index in [2.05, 4.69) is 10.3 Å². The third-order valence-corrected chi connectivity index (χ3v) is 2.73. The number of nitrogens with one attached hydrogen (secondary N) is 1. The number of aromatic nitrogens is 1. The number of anilines is 1. The fourth-order valence-corrected chi connectivity index (χ4v) is 1.78. The topological polar surface area (TPSA) is 51.2 Å². The Morgan fingerprint density at radius 2 is 2.05 bits per heavy atom. The molecule has 1 aromatic heterocycles. The van der Waals surface area contributed by atoms with E-state index < -0.39 is 0 Å². The molecule has 0 fully saturated rings. The van der Waals surface area contributed by atoms with Gasteiger partial charge in [-0.05, 0) is 31.2 Å². The zero-order chi connectivity index (χ0) is 14.4. The van der Waals surface area contributed by atoms with Crippen LogP contribution in [0.25, 0.3) is 0 Å². The molecule has 2 rings (SSSR count). The van der Waals surface area contributed by atoms with E-state index in [0.717, 1.165) is 17.1 Å². The molecule has 4 heteroatoms. The molecule has 4 nitrogen and oxygen atoms in total. The first-order valence-corrected chi connectivity index (χ1v) is 6.23. The van der Waals surface area contributed by atoms with Crippen LogP contribution in [0.2, 0.25) is 0 Å². The Labute approximate surface area is 118 Å². The van der Waals surface area contributed by atoms with E-state index in [1.807, 2.05) is 31.2 Å². The number of ketones is 1. The van der Waals surface area contributed by atoms with Crippen LogP contribution in [0, 0.1) is 0 Å². The summed E-state index contributed by atoms with van der Waals surface area (Å²) in [5.74, 6) is 0.645. The third-order valence-electron chi connectivity index (χ3n) is 2.73. The van der Waals surface area contributed by atoms with Crippen LogP contribution in [0.3, 0.4) is 0 Å². The van der Waals surface area contributed by atoms with Crippen molar-refractivity contribution >= 4 is 11.5 Å². The lowest BCUT2D eigenvalue weighted by molar-refractivity contribution is 0.104. The summed E-state index contributed by atoms with van der Waals surface area (Å²) in [4.78, 5) is 15.9. The van der Waals surface area contributed by atoms with Crippen LogP contribution < -0.4 is 10.1 Å². The number of hydrogen-bond donors (Lipinski definition) is 1. The van der Waals surface area contributed by atoms with Crippen molar-refractivity contribution in [3.8, 4) is 5.75 Å². The van der Waals surface area contributed by atoms with Crippen LogP contribution >= 0.6 is 0 Å². The zero-order valence-electron chi connectivity index (χ0n) is 11.5. The van der Waals surface area contributed by atoms with E-state index >= 15 is 0 Å². The van der Waals surface area contributed by atoms with Crippen molar-refractivity contribution in [2.45, 2.75) is 6.92 Å². The first-order valence-electron chi connectivity index (χ1n) is 6.23. The second-order valence-corrected chi connectivity index (χ2v) is 4.26. The predicted octanol–water partition coefficient (Wildman–Crippen LogP) is 3.29. The maximum Gasteiger partial charge on any atom is 0.189 e. The second kappa shape index (κ2) is 6.52. The molecule has 102 valence electrons. The van der Waals surface area contributed by atoms with Crippen molar-refractivity contribution in [2.24, 2.45) is 0 Å². The van der Waals surface area contributed by atoms with Gasteiger partial charge < -0.3 is 10.1 Å². The molecule has 0 unspecified atom stereocenters. The van der Waals surface area contributed by atoms with Crippen molar-refractivity contribution in [2.75, 3.05) is 12.4 Å². The van der Waals surface area contributed by atoms with Gasteiger partial charge in [0.25, 0.3) is 0 Å². The van der Waals surface area contributed by atoms with Gasteiger partial charge in [-0.25, -0.2) is 0 Å². The van der Waals surface area contributed by atoms with Gasteiger partial charge in [0.05, 0.1) is 12.8 Å². The third kappa shape index (κ3) is 3.45. The molecule has 1 aromatic carbocycles. The largest absolute Gasteiger partial charge is 0.495 e. The Bertz CT molecular complexity index is 621. The molecule has 0 atom stereocenters. The molecular weight excluding hydrogens is 252 g/mol. The van der Waals surface area contributed by atoms with E-state index in [1.165, 1.54) is 0 Å². The minimum atomic E-state index is -0.0852. The quantitative estimate of drug-likeness (QED) is 0.668. The number of allylic oxidation sites excluding steroid dienone is 2. The summed E-state index contributed by atoms with van der Waals surface area (Å²) in [6.45, 7) is 1.83. The molecular formula is C16H16N2O2. The second-order valence-electron chi connectivity index (χ2n) is 4.26. The minimum Gasteiger partial charge on any atom is -0.495 e. The molecule has 0 spiro atoms. The summed E-state index contributed by atoms with van der Waals surface area (Å²) in [7, 11) is 1.61. The van der Waals surface area contributed by atoms with Gasteiger partial charge in [0.1, 0.15) is 5.75 Å². The number of nitrogens with zero attached hydrogens (tertiary/aromatic N) is 1. The first kappa shape index (κ1) is 13.8. The Morgan fingerprint density at radius 1 is 1.25 bits per heavy atom. The number of benzene rings is 1. The predicted molar refractivity (Wildman–Crippen MR) is 78.9 cm³/mol. The molecule has 1 N–H and O–H groups in total. The highest BCUT2D eigenvalue weighted by Gasteiger charge is 2.05. The van der Waals surface area contributed by atoms with E-state index in [9.17, 15) is 4.79 Å².